The normalized spacial score (nSPS) is 25.6. The molecule has 192 valence electrons. The van der Waals surface area contributed by atoms with Crippen molar-refractivity contribution >= 4 is 11.4 Å². The predicted octanol–water partition coefficient (Wildman–Crippen LogP) is 8.42. The number of allylic oxidation sites excluding steroid dienone is 4. The van der Waals surface area contributed by atoms with Gasteiger partial charge >= 0.3 is 0 Å². The Bertz CT molecular complexity index is 1240. The molecule has 0 amide bonds. The third-order valence-electron chi connectivity index (χ3n) is 9.02. The number of hydrogen-bond acceptors (Lipinski definition) is 2. The van der Waals surface area contributed by atoms with E-state index in [9.17, 15) is 0 Å². The van der Waals surface area contributed by atoms with Crippen molar-refractivity contribution in [3.8, 4) is 0 Å². The average Bonchev–Trinajstić information content (AvgIpc) is 2.92. The first kappa shape index (κ1) is 25.4. The molecular weight excluding hydrogens is 448 g/mol. The third kappa shape index (κ3) is 5.69. The molecule has 1 unspecified atom stereocenters. The highest BCUT2D eigenvalue weighted by Crippen LogP contribution is 2.50. The van der Waals surface area contributed by atoms with Gasteiger partial charge < -0.3 is 11.5 Å². The molecule has 1 saturated carbocycles. The van der Waals surface area contributed by atoms with E-state index >= 15 is 0 Å². The van der Waals surface area contributed by atoms with Crippen molar-refractivity contribution in [2.45, 2.75) is 70.6 Å². The summed E-state index contributed by atoms with van der Waals surface area (Å²) in [7, 11) is 0. The molecule has 1 fully saturated rings. The van der Waals surface area contributed by atoms with Crippen molar-refractivity contribution in [3.63, 3.8) is 0 Å². The lowest BCUT2D eigenvalue weighted by Crippen LogP contribution is -2.35. The Hall–Kier alpha value is -3.26. The summed E-state index contributed by atoms with van der Waals surface area (Å²) in [5.41, 5.74) is 20.7. The van der Waals surface area contributed by atoms with Crippen LogP contribution >= 0.6 is 0 Å². The summed E-state index contributed by atoms with van der Waals surface area (Å²) in [6, 6.07) is 26.2. The van der Waals surface area contributed by atoms with Crippen LogP contribution in [0, 0.1) is 11.3 Å². The fourth-order valence-electron chi connectivity index (χ4n) is 6.49. The molecule has 0 aliphatic heterocycles. The Kier molecular flexibility index (Phi) is 7.29. The van der Waals surface area contributed by atoms with E-state index in [0.717, 1.165) is 36.6 Å². The van der Waals surface area contributed by atoms with Gasteiger partial charge in [-0.05, 0) is 108 Å². The zero-order valence-corrected chi connectivity index (χ0v) is 22.5. The van der Waals surface area contributed by atoms with E-state index in [-0.39, 0.29) is 10.8 Å². The van der Waals surface area contributed by atoms with Crippen LogP contribution < -0.4 is 11.5 Å². The molecule has 3 aromatic carbocycles. The Labute approximate surface area is 223 Å². The van der Waals surface area contributed by atoms with Crippen LogP contribution in [0.4, 0.5) is 11.4 Å². The van der Waals surface area contributed by atoms with Gasteiger partial charge in [-0.2, -0.15) is 0 Å². The minimum atomic E-state index is 0.129. The van der Waals surface area contributed by atoms with Gasteiger partial charge in [0, 0.05) is 16.8 Å². The topological polar surface area (TPSA) is 52.0 Å². The largest absolute Gasteiger partial charge is 0.399 e. The maximum Gasteiger partial charge on any atom is 0.0314 e. The number of hydrogen-bond donors (Lipinski definition) is 2. The molecule has 2 nitrogen and oxygen atoms in total. The van der Waals surface area contributed by atoms with Crippen molar-refractivity contribution in [2.24, 2.45) is 11.3 Å². The molecule has 3 aromatic rings. The summed E-state index contributed by atoms with van der Waals surface area (Å²) in [5, 5.41) is 0. The van der Waals surface area contributed by atoms with E-state index in [4.69, 9.17) is 11.5 Å². The molecule has 2 heteroatoms. The van der Waals surface area contributed by atoms with Crippen LogP contribution in [0.25, 0.3) is 0 Å². The van der Waals surface area contributed by atoms with E-state index in [1.165, 1.54) is 59.9 Å². The molecular formula is C35H42N2. The fraction of sp³-hybridized carbons (Fsp3) is 0.371. The Balaban J connectivity index is 1.37. The van der Waals surface area contributed by atoms with Gasteiger partial charge in [-0.3, -0.25) is 0 Å². The Morgan fingerprint density at radius 1 is 0.757 bits per heavy atom. The highest BCUT2D eigenvalue weighted by atomic mass is 14.5. The van der Waals surface area contributed by atoms with Crippen molar-refractivity contribution in [2.75, 3.05) is 11.5 Å². The molecule has 0 heterocycles. The molecule has 0 aromatic heterocycles. The summed E-state index contributed by atoms with van der Waals surface area (Å²) in [6.45, 7) is 4.74. The van der Waals surface area contributed by atoms with Gasteiger partial charge in [-0.25, -0.2) is 0 Å². The van der Waals surface area contributed by atoms with Gasteiger partial charge in [-0.1, -0.05) is 87.0 Å². The second-order valence-electron chi connectivity index (χ2n) is 11.8. The van der Waals surface area contributed by atoms with Crippen molar-refractivity contribution in [3.05, 3.63) is 119 Å². The summed E-state index contributed by atoms with van der Waals surface area (Å²) >= 11 is 0. The molecule has 0 spiro atoms. The monoisotopic (exact) mass is 490 g/mol. The number of nitrogen functional groups attached to an aromatic ring is 2. The van der Waals surface area contributed by atoms with E-state index < -0.39 is 0 Å². The fourth-order valence-corrected chi connectivity index (χ4v) is 6.49. The number of anilines is 2. The van der Waals surface area contributed by atoms with Gasteiger partial charge in [0.2, 0.25) is 0 Å². The van der Waals surface area contributed by atoms with E-state index in [1.54, 1.807) is 0 Å². The maximum atomic E-state index is 5.91. The highest BCUT2D eigenvalue weighted by molar-refractivity contribution is 5.47. The van der Waals surface area contributed by atoms with E-state index in [1.807, 2.05) is 24.3 Å². The zero-order valence-electron chi connectivity index (χ0n) is 22.5. The van der Waals surface area contributed by atoms with Crippen LogP contribution in [-0.2, 0) is 18.3 Å². The standard InChI is InChI=1S/C35H42N2/c1-3-26-16-22-35(23-17-26,30-10-4-27(5-11-30)24-28-6-12-32(36)13-7-28)31-18-20-34(2,21-19-31)25-29-8-14-33(37)15-9-29/h4-15,18-20,26H,3,16-17,21-25,36-37H2,1-2H3. The van der Waals surface area contributed by atoms with Crippen LogP contribution in [0.15, 0.2) is 96.6 Å². The zero-order chi connectivity index (χ0) is 25.9. The van der Waals surface area contributed by atoms with Crippen LogP contribution in [0.2, 0.25) is 0 Å². The quantitative estimate of drug-likeness (QED) is 0.327. The van der Waals surface area contributed by atoms with Crippen LogP contribution in [0.3, 0.4) is 0 Å². The average molecular weight is 491 g/mol. The second-order valence-corrected chi connectivity index (χ2v) is 11.8. The van der Waals surface area contributed by atoms with Gasteiger partial charge in [-0.15, -0.1) is 0 Å². The SMILES string of the molecule is CCC1CCC(C2=CCC(C)(Cc3ccc(N)cc3)C=C2)(c2ccc(Cc3ccc(N)cc3)cc2)CC1. The molecule has 0 saturated heterocycles. The lowest BCUT2D eigenvalue weighted by Gasteiger charge is -2.44. The number of rotatable bonds is 7. The first-order valence-electron chi connectivity index (χ1n) is 14.1. The first-order chi connectivity index (χ1) is 17.9. The molecule has 37 heavy (non-hydrogen) atoms. The summed E-state index contributed by atoms with van der Waals surface area (Å²) in [6.07, 6.45) is 17.0. The van der Waals surface area contributed by atoms with Crippen molar-refractivity contribution in [1.82, 2.24) is 0 Å². The van der Waals surface area contributed by atoms with Gasteiger partial charge in [0.15, 0.2) is 0 Å². The maximum absolute atomic E-state index is 5.91. The lowest BCUT2D eigenvalue weighted by molar-refractivity contribution is 0.257. The minimum absolute atomic E-state index is 0.129. The Morgan fingerprint density at radius 2 is 1.30 bits per heavy atom. The van der Waals surface area contributed by atoms with Gasteiger partial charge in [0.25, 0.3) is 0 Å². The molecule has 2 aliphatic carbocycles. The van der Waals surface area contributed by atoms with Crippen LogP contribution in [0.5, 0.6) is 0 Å². The summed E-state index contributed by atoms with van der Waals surface area (Å²) in [4.78, 5) is 0. The van der Waals surface area contributed by atoms with Crippen molar-refractivity contribution in [1.29, 1.82) is 0 Å². The molecule has 0 radical (unpaired) electrons. The lowest BCUT2D eigenvalue weighted by atomic mass is 9.60. The first-order valence-corrected chi connectivity index (χ1v) is 14.1. The summed E-state index contributed by atoms with van der Waals surface area (Å²) < 4.78 is 0. The second kappa shape index (κ2) is 10.6. The van der Waals surface area contributed by atoms with Gasteiger partial charge in [0.1, 0.15) is 0 Å². The smallest absolute Gasteiger partial charge is 0.0314 e. The molecule has 1 atom stereocenters. The summed E-state index contributed by atoms with van der Waals surface area (Å²) in [5.74, 6) is 0.863. The molecule has 4 N–H and O–H groups in total. The molecule has 0 bridgehead atoms. The molecule has 2 aliphatic rings. The van der Waals surface area contributed by atoms with Crippen LogP contribution in [0.1, 0.15) is 74.6 Å². The Morgan fingerprint density at radius 3 is 1.81 bits per heavy atom. The van der Waals surface area contributed by atoms with E-state index in [2.05, 4.69) is 80.6 Å². The van der Waals surface area contributed by atoms with E-state index in [0.29, 0.717) is 0 Å². The highest BCUT2D eigenvalue weighted by Gasteiger charge is 2.40. The third-order valence-corrected chi connectivity index (χ3v) is 9.02. The minimum Gasteiger partial charge on any atom is -0.399 e. The van der Waals surface area contributed by atoms with Crippen LogP contribution in [-0.4, -0.2) is 0 Å². The number of nitrogens with two attached hydrogens (primary N) is 2. The van der Waals surface area contributed by atoms with Gasteiger partial charge in [0.05, 0.1) is 0 Å². The predicted molar refractivity (Wildman–Crippen MR) is 159 cm³/mol. The molecule has 5 rings (SSSR count). The van der Waals surface area contributed by atoms with Crippen molar-refractivity contribution < 1.29 is 0 Å². The number of benzene rings is 3.